The van der Waals surface area contributed by atoms with Crippen LogP contribution in [0.5, 0.6) is 5.75 Å². The summed E-state index contributed by atoms with van der Waals surface area (Å²) in [6.07, 6.45) is 5.32. The van der Waals surface area contributed by atoms with Gasteiger partial charge in [0, 0.05) is 29.5 Å². The third-order valence-electron chi connectivity index (χ3n) is 6.41. The molecule has 0 fully saturated rings. The summed E-state index contributed by atoms with van der Waals surface area (Å²) in [5.74, 6) is -0.628. The fourth-order valence-corrected chi connectivity index (χ4v) is 7.24. The first-order valence-electron chi connectivity index (χ1n) is 11.5. The summed E-state index contributed by atoms with van der Waals surface area (Å²) < 4.78 is 42.4. The van der Waals surface area contributed by atoms with Gasteiger partial charge in [0.2, 0.25) is 0 Å². The highest BCUT2D eigenvalue weighted by atomic mass is 32.3. The van der Waals surface area contributed by atoms with Crippen LogP contribution in [-0.4, -0.2) is 45.3 Å². The van der Waals surface area contributed by atoms with Gasteiger partial charge in [-0.1, -0.05) is 26.7 Å². The van der Waals surface area contributed by atoms with Crippen LogP contribution in [0.3, 0.4) is 0 Å². The largest absolute Gasteiger partial charge is 0.492 e. The molecule has 1 heterocycles. The standard InChI is InChI=1S/C25H34FNO5S2/c1-4-6-12-25(5-2)16-27(19-9-7-18(26)8-10-19)20-14-22(33-3)21(32-13-11-24(28)29)15-23(20)34(30,31)17-25/h7-10,14-15,30-31H,4-6,11-13,16-17H2,1-3H3,(H,28,29)/t25-/m1/s1. The van der Waals surface area contributed by atoms with E-state index in [9.17, 15) is 18.3 Å². The molecule has 1 aliphatic rings. The number of carboxylic acid groups (broad SMARTS) is 1. The summed E-state index contributed by atoms with van der Waals surface area (Å²) in [5.41, 5.74) is 1.10. The minimum Gasteiger partial charge on any atom is -0.492 e. The lowest BCUT2D eigenvalue weighted by molar-refractivity contribution is -0.137. The molecule has 0 saturated carbocycles. The van der Waals surface area contributed by atoms with E-state index >= 15 is 0 Å². The Bertz CT molecular complexity index is 1000. The molecule has 0 bridgehead atoms. The van der Waals surface area contributed by atoms with Gasteiger partial charge in [-0.25, -0.2) is 4.39 Å². The predicted octanol–water partition coefficient (Wildman–Crippen LogP) is 7.25. The SMILES string of the molecule is CCCC[C@]1(CC)CN(c2ccc(F)cc2)c2cc(SC)c(OCCC(=O)O)cc2S(O)(O)C1. The summed E-state index contributed by atoms with van der Waals surface area (Å²) >= 11 is 1.44. The summed E-state index contributed by atoms with van der Waals surface area (Å²) in [5, 5.41) is 8.97. The van der Waals surface area contributed by atoms with Crippen molar-refractivity contribution in [3.8, 4) is 5.75 Å². The zero-order chi connectivity index (χ0) is 24.9. The number of hydrogen-bond acceptors (Lipinski definition) is 6. The van der Waals surface area contributed by atoms with Crippen molar-refractivity contribution in [2.75, 3.05) is 30.1 Å². The second kappa shape index (κ2) is 11.2. The first-order chi connectivity index (χ1) is 16.1. The van der Waals surface area contributed by atoms with E-state index in [0.29, 0.717) is 22.9 Å². The molecular formula is C25H34FNO5S2. The number of benzene rings is 2. The van der Waals surface area contributed by atoms with Gasteiger partial charge in [-0.15, -0.1) is 11.8 Å². The number of hydrogen-bond donors (Lipinski definition) is 3. The maximum Gasteiger partial charge on any atom is 0.306 e. The molecule has 188 valence electrons. The molecule has 3 rings (SSSR count). The molecule has 2 aromatic rings. The minimum absolute atomic E-state index is 0.0159. The lowest BCUT2D eigenvalue weighted by Crippen LogP contribution is -2.37. The monoisotopic (exact) mass is 511 g/mol. The zero-order valence-corrected chi connectivity index (χ0v) is 21.6. The summed E-state index contributed by atoms with van der Waals surface area (Å²) in [6.45, 7) is 4.76. The predicted molar refractivity (Wildman–Crippen MR) is 138 cm³/mol. The molecule has 1 aliphatic heterocycles. The van der Waals surface area contributed by atoms with Crippen LogP contribution in [0.4, 0.5) is 15.8 Å². The molecule has 0 aliphatic carbocycles. The van der Waals surface area contributed by atoms with Crippen LogP contribution in [0.2, 0.25) is 0 Å². The number of carbonyl (C=O) groups is 1. The van der Waals surface area contributed by atoms with Gasteiger partial charge in [-0.2, -0.15) is 10.6 Å². The van der Waals surface area contributed by atoms with E-state index < -0.39 is 16.6 Å². The number of ether oxygens (including phenoxy) is 1. The fraction of sp³-hybridized carbons (Fsp3) is 0.480. The maximum absolute atomic E-state index is 13.7. The molecule has 9 heteroatoms. The molecule has 0 radical (unpaired) electrons. The van der Waals surface area contributed by atoms with Crippen molar-refractivity contribution in [1.29, 1.82) is 0 Å². The Kier molecular flexibility index (Phi) is 8.78. The second-order valence-electron chi connectivity index (χ2n) is 8.79. The Hall–Kier alpha value is -1.94. The molecule has 0 amide bonds. The smallest absolute Gasteiger partial charge is 0.306 e. The highest BCUT2D eigenvalue weighted by molar-refractivity contribution is 8.24. The van der Waals surface area contributed by atoms with Crippen LogP contribution < -0.4 is 9.64 Å². The van der Waals surface area contributed by atoms with Gasteiger partial charge in [0.05, 0.1) is 28.5 Å². The number of fused-ring (bicyclic) bond motifs is 1. The third kappa shape index (κ3) is 6.00. The lowest BCUT2D eigenvalue weighted by Gasteiger charge is -2.41. The first kappa shape index (κ1) is 26.7. The van der Waals surface area contributed by atoms with Crippen molar-refractivity contribution >= 4 is 39.7 Å². The second-order valence-corrected chi connectivity index (χ2v) is 11.7. The van der Waals surface area contributed by atoms with Crippen molar-refractivity contribution in [3.63, 3.8) is 0 Å². The quantitative estimate of drug-likeness (QED) is 0.289. The average molecular weight is 512 g/mol. The van der Waals surface area contributed by atoms with Crippen molar-refractivity contribution in [2.45, 2.75) is 55.7 Å². The summed E-state index contributed by atoms with van der Waals surface area (Å²) in [4.78, 5) is 14.2. The Balaban J connectivity index is 2.17. The lowest BCUT2D eigenvalue weighted by atomic mass is 9.81. The molecule has 0 saturated heterocycles. The van der Waals surface area contributed by atoms with Crippen molar-refractivity contribution in [3.05, 3.63) is 42.2 Å². The van der Waals surface area contributed by atoms with E-state index in [0.717, 1.165) is 36.3 Å². The number of carboxylic acids is 1. The van der Waals surface area contributed by atoms with E-state index in [4.69, 9.17) is 9.84 Å². The molecular weight excluding hydrogens is 477 g/mol. The number of anilines is 2. The molecule has 6 nitrogen and oxygen atoms in total. The first-order valence-corrected chi connectivity index (χ1v) is 14.4. The van der Waals surface area contributed by atoms with Crippen LogP contribution >= 0.6 is 22.4 Å². The Morgan fingerprint density at radius 3 is 2.53 bits per heavy atom. The molecule has 34 heavy (non-hydrogen) atoms. The molecule has 0 aromatic heterocycles. The third-order valence-corrected chi connectivity index (χ3v) is 9.22. The molecule has 3 N–H and O–H groups in total. The summed E-state index contributed by atoms with van der Waals surface area (Å²) in [7, 11) is -3.19. The molecule has 0 unspecified atom stereocenters. The number of halogens is 1. The number of unbranched alkanes of at least 4 members (excludes halogenated alkanes) is 1. The normalized spacial score (nSPS) is 20.4. The van der Waals surface area contributed by atoms with Gasteiger partial charge in [-0.3, -0.25) is 13.9 Å². The van der Waals surface area contributed by atoms with Gasteiger partial charge < -0.3 is 14.7 Å². The van der Waals surface area contributed by atoms with E-state index in [-0.39, 0.29) is 30.0 Å². The van der Waals surface area contributed by atoms with E-state index in [1.54, 1.807) is 18.2 Å². The topological polar surface area (TPSA) is 90.2 Å². The van der Waals surface area contributed by atoms with Crippen LogP contribution in [0.15, 0.2) is 46.2 Å². The van der Waals surface area contributed by atoms with Crippen molar-refractivity contribution in [2.24, 2.45) is 5.41 Å². The number of nitrogens with zero attached hydrogens (tertiary/aromatic N) is 1. The average Bonchev–Trinajstić information content (AvgIpc) is 2.90. The zero-order valence-electron chi connectivity index (χ0n) is 19.9. The fourth-order valence-electron chi connectivity index (χ4n) is 4.44. The van der Waals surface area contributed by atoms with Gasteiger partial charge in [0.25, 0.3) is 0 Å². The van der Waals surface area contributed by atoms with E-state index in [2.05, 4.69) is 18.7 Å². The summed E-state index contributed by atoms with van der Waals surface area (Å²) in [6, 6.07) is 9.78. The Labute approximate surface area is 206 Å². The van der Waals surface area contributed by atoms with Crippen molar-refractivity contribution < 1.29 is 28.1 Å². The van der Waals surface area contributed by atoms with Gasteiger partial charge in [0.15, 0.2) is 0 Å². The van der Waals surface area contributed by atoms with Crippen LogP contribution in [0.1, 0.15) is 46.0 Å². The van der Waals surface area contributed by atoms with Crippen LogP contribution in [0, 0.1) is 11.2 Å². The van der Waals surface area contributed by atoms with Crippen molar-refractivity contribution in [1.82, 2.24) is 0 Å². The van der Waals surface area contributed by atoms with E-state index in [1.807, 2.05) is 12.3 Å². The van der Waals surface area contributed by atoms with Gasteiger partial charge in [-0.05, 0) is 49.4 Å². The highest BCUT2D eigenvalue weighted by Crippen LogP contribution is 2.62. The molecule has 0 spiro atoms. The highest BCUT2D eigenvalue weighted by Gasteiger charge is 2.42. The Morgan fingerprint density at radius 1 is 1.24 bits per heavy atom. The molecule has 2 aromatic carbocycles. The van der Waals surface area contributed by atoms with Gasteiger partial charge in [0.1, 0.15) is 11.6 Å². The number of rotatable bonds is 10. The van der Waals surface area contributed by atoms with Gasteiger partial charge >= 0.3 is 5.97 Å². The van der Waals surface area contributed by atoms with E-state index in [1.165, 1.54) is 23.9 Å². The van der Waals surface area contributed by atoms with Crippen LogP contribution in [0.25, 0.3) is 0 Å². The Morgan fingerprint density at radius 2 is 1.94 bits per heavy atom. The minimum atomic E-state index is -3.19. The number of aliphatic carboxylic acids is 1. The maximum atomic E-state index is 13.7. The molecule has 1 atom stereocenters. The van der Waals surface area contributed by atoms with Crippen LogP contribution in [-0.2, 0) is 4.79 Å². The number of thioether (sulfide) groups is 1.